The Balaban J connectivity index is 1.61. The number of cyclic esters (lactones) is 1. The van der Waals surface area contributed by atoms with Crippen LogP contribution in [0.2, 0.25) is 0 Å². The van der Waals surface area contributed by atoms with Gasteiger partial charge in [0, 0.05) is 31.8 Å². The second-order valence-electron chi connectivity index (χ2n) is 11.4. The number of esters is 1. The van der Waals surface area contributed by atoms with Gasteiger partial charge < -0.3 is 29.7 Å². The molecule has 2 fully saturated rings. The largest absolute Gasteiger partial charge is 0.460 e. The summed E-state index contributed by atoms with van der Waals surface area (Å²) in [6.07, 6.45) is 7.71. The molecule has 2 N–H and O–H groups in total. The van der Waals surface area contributed by atoms with Gasteiger partial charge in [0.1, 0.15) is 23.7 Å². The number of unbranched alkanes of at least 4 members (excludes halogenated alkanes) is 1. The molecule has 0 radical (unpaired) electrons. The SMILES string of the molecule is Cc1cccc(C)c1N1C/C=C\CCC(=O)NC[C@H](C)OC(=O)[C@@H]2[C@H]3C(=O)N(CCCCO)[C@H](C1=O)[C@]31C=C[C@H]2O1. The summed E-state index contributed by atoms with van der Waals surface area (Å²) in [7, 11) is 0. The number of anilines is 1. The minimum Gasteiger partial charge on any atom is -0.460 e. The molecule has 5 rings (SSSR count). The topological polar surface area (TPSA) is 125 Å². The van der Waals surface area contributed by atoms with E-state index in [-0.39, 0.29) is 50.4 Å². The van der Waals surface area contributed by atoms with Gasteiger partial charge in [0.25, 0.3) is 5.91 Å². The summed E-state index contributed by atoms with van der Waals surface area (Å²) in [5.74, 6) is -3.20. The highest BCUT2D eigenvalue weighted by Gasteiger charge is 2.73. The zero-order valence-electron chi connectivity index (χ0n) is 23.9. The Kier molecular flexibility index (Phi) is 8.33. The lowest BCUT2D eigenvalue weighted by molar-refractivity contribution is -0.158. The minimum absolute atomic E-state index is 0.0314. The van der Waals surface area contributed by atoms with Crippen LogP contribution in [0, 0.1) is 25.7 Å². The number of nitrogens with zero attached hydrogens (tertiary/aromatic N) is 2. The smallest absolute Gasteiger partial charge is 0.313 e. The van der Waals surface area contributed by atoms with E-state index in [0.29, 0.717) is 19.3 Å². The molecular formula is C31H39N3O7. The second kappa shape index (κ2) is 11.8. The normalized spacial score (nSPS) is 32.7. The van der Waals surface area contributed by atoms with E-state index in [9.17, 15) is 24.3 Å². The van der Waals surface area contributed by atoms with Gasteiger partial charge in [-0.05, 0) is 51.2 Å². The number of benzene rings is 1. The molecule has 1 aromatic rings. The molecule has 1 spiro atoms. The number of fused-ring (bicyclic) bond motifs is 2. The second-order valence-corrected chi connectivity index (χ2v) is 11.4. The number of aryl methyl sites for hydroxylation is 2. The summed E-state index contributed by atoms with van der Waals surface area (Å²) >= 11 is 0. The summed E-state index contributed by atoms with van der Waals surface area (Å²) < 4.78 is 12.1. The van der Waals surface area contributed by atoms with Crippen molar-refractivity contribution in [3.63, 3.8) is 0 Å². The average Bonchev–Trinajstić information content (AvgIpc) is 3.57. The van der Waals surface area contributed by atoms with Crippen molar-refractivity contribution < 1.29 is 33.8 Å². The van der Waals surface area contributed by atoms with Crippen molar-refractivity contribution in [3.8, 4) is 0 Å². The van der Waals surface area contributed by atoms with Gasteiger partial charge in [-0.2, -0.15) is 0 Å². The number of ether oxygens (including phenoxy) is 2. The molecule has 220 valence electrons. The van der Waals surface area contributed by atoms with Crippen molar-refractivity contribution in [1.29, 1.82) is 0 Å². The van der Waals surface area contributed by atoms with Gasteiger partial charge >= 0.3 is 5.97 Å². The predicted molar refractivity (Wildman–Crippen MR) is 151 cm³/mol. The molecule has 6 atom stereocenters. The molecule has 0 aromatic heterocycles. The van der Waals surface area contributed by atoms with E-state index in [0.717, 1.165) is 16.8 Å². The van der Waals surface area contributed by atoms with Crippen LogP contribution in [-0.4, -0.2) is 83.8 Å². The maximum Gasteiger partial charge on any atom is 0.313 e. The third-order valence-corrected chi connectivity index (χ3v) is 8.56. The molecular weight excluding hydrogens is 526 g/mol. The number of aliphatic hydroxyl groups is 1. The van der Waals surface area contributed by atoms with Gasteiger partial charge in [-0.15, -0.1) is 0 Å². The first-order valence-corrected chi connectivity index (χ1v) is 14.5. The summed E-state index contributed by atoms with van der Waals surface area (Å²) in [4.78, 5) is 58.0. The fourth-order valence-corrected chi connectivity index (χ4v) is 6.70. The molecule has 1 aromatic carbocycles. The number of hydrogen-bond donors (Lipinski definition) is 2. The monoisotopic (exact) mass is 565 g/mol. The van der Waals surface area contributed by atoms with Crippen LogP contribution in [0.15, 0.2) is 42.5 Å². The van der Waals surface area contributed by atoms with E-state index in [1.54, 1.807) is 28.9 Å². The molecule has 10 heteroatoms. The highest BCUT2D eigenvalue weighted by molar-refractivity contribution is 6.06. The van der Waals surface area contributed by atoms with Gasteiger partial charge in [-0.1, -0.05) is 42.5 Å². The maximum absolute atomic E-state index is 14.8. The van der Waals surface area contributed by atoms with Crippen LogP contribution in [-0.2, 0) is 28.7 Å². The number of aliphatic hydroxyl groups excluding tert-OH is 1. The summed E-state index contributed by atoms with van der Waals surface area (Å²) in [6, 6.07) is 4.82. The summed E-state index contributed by atoms with van der Waals surface area (Å²) in [5, 5.41) is 12.2. The first-order chi connectivity index (χ1) is 19.7. The third-order valence-electron chi connectivity index (χ3n) is 8.56. The molecule has 4 aliphatic heterocycles. The molecule has 3 amide bonds. The van der Waals surface area contributed by atoms with Gasteiger partial charge in [0.2, 0.25) is 11.8 Å². The number of amides is 3. The number of rotatable bonds is 5. The number of para-hydroxylation sites is 1. The molecule has 0 aliphatic carbocycles. The van der Waals surface area contributed by atoms with Crippen LogP contribution in [0.4, 0.5) is 5.69 Å². The summed E-state index contributed by atoms with van der Waals surface area (Å²) in [5.41, 5.74) is 1.25. The van der Waals surface area contributed by atoms with Crippen LogP contribution in [0.3, 0.4) is 0 Å². The van der Waals surface area contributed by atoms with E-state index in [2.05, 4.69) is 5.32 Å². The van der Waals surface area contributed by atoms with Crippen molar-refractivity contribution in [3.05, 3.63) is 53.6 Å². The highest BCUT2D eigenvalue weighted by Crippen LogP contribution is 2.56. The lowest BCUT2D eigenvalue weighted by atomic mass is 9.74. The molecule has 41 heavy (non-hydrogen) atoms. The molecule has 4 heterocycles. The number of hydrogen-bond acceptors (Lipinski definition) is 7. The average molecular weight is 566 g/mol. The number of carbonyl (C=O) groups is 4. The van der Waals surface area contributed by atoms with Crippen molar-refractivity contribution >= 4 is 29.4 Å². The number of nitrogens with one attached hydrogen (secondary N) is 1. The van der Waals surface area contributed by atoms with Crippen LogP contribution >= 0.6 is 0 Å². The first kappa shape index (κ1) is 29.0. The zero-order valence-corrected chi connectivity index (χ0v) is 23.9. The Morgan fingerprint density at radius 3 is 2.56 bits per heavy atom. The van der Waals surface area contributed by atoms with Gasteiger partial charge in [0.05, 0.1) is 18.6 Å². The molecule has 10 nitrogen and oxygen atoms in total. The standard InChI is InChI=1S/C31H39N3O7/c1-19-10-9-11-20(2)26(19)33-15-6-4-5-12-23(36)32-18-21(3)40-30(39)24-22-13-14-31(41-22)25(24)28(37)34(16-7-8-17-35)27(31)29(33)38/h4,6,9-11,13-14,21-22,24-25,27,35H,5,7-8,12,15-18H2,1-3H3,(H,32,36)/b6-4-/t21-,22+,24-,25-,27+,31-/m0/s1. The van der Waals surface area contributed by atoms with Crippen LogP contribution in [0.5, 0.6) is 0 Å². The highest BCUT2D eigenvalue weighted by atomic mass is 16.6. The maximum atomic E-state index is 14.8. The minimum atomic E-state index is -1.31. The summed E-state index contributed by atoms with van der Waals surface area (Å²) in [6.45, 7) is 6.18. The first-order valence-electron chi connectivity index (χ1n) is 14.5. The molecule has 4 aliphatic rings. The van der Waals surface area contributed by atoms with Crippen molar-refractivity contribution in [2.75, 3.05) is 31.1 Å². The van der Waals surface area contributed by atoms with Crippen molar-refractivity contribution in [2.45, 2.75) is 70.3 Å². The van der Waals surface area contributed by atoms with Gasteiger partial charge in [-0.3, -0.25) is 19.2 Å². The lowest BCUT2D eigenvalue weighted by Crippen LogP contribution is -2.56. The number of likely N-dealkylation sites (tertiary alicyclic amines) is 1. The van der Waals surface area contributed by atoms with E-state index >= 15 is 0 Å². The molecule has 5 bridgehead atoms. The van der Waals surface area contributed by atoms with Gasteiger partial charge in [-0.25, -0.2) is 0 Å². The van der Waals surface area contributed by atoms with E-state index < -0.39 is 41.7 Å². The van der Waals surface area contributed by atoms with Crippen LogP contribution in [0.1, 0.15) is 43.7 Å². The Bertz CT molecular complexity index is 1260. The Labute approximate surface area is 240 Å². The zero-order chi connectivity index (χ0) is 29.3. The van der Waals surface area contributed by atoms with E-state index in [1.165, 1.54) is 0 Å². The van der Waals surface area contributed by atoms with Crippen LogP contribution < -0.4 is 10.2 Å². The predicted octanol–water partition coefficient (Wildman–Crippen LogP) is 1.96. The molecule has 0 saturated carbocycles. The van der Waals surface area contributed by atoms with Crippen molar-refractivity contribution in [1.82, 2.24) is 10.2 Å². The Morgan fingerprint density at radius 2 is 1.83 bits per heavy atom. The molecule has 0 unspecified atom stereocenters. The Morgan fingerprint density at radius 1 is 1.07 bits per heavy atom. The fourth-order valence-electron chi connectivity index (χ4n) is 6.70. The molecule has 2 saturated heterocycles. The number of carbonyl (C=O) groups excluding carboxylic acids is 4. The Hall–Kier alpha value is -3.50. The van der Waals surface area contributed by atoms with Crippen molar-refractivity contribution in [2.24, 2.45) is 11.8 Å². The number of allylic oxidation sites excluding steroid dienone is 1. The fraction of sp³-hybridized carbons (Fsp3) is 0.548. The van der Waals surface area contributed by atoms with E-state index in [4.69, 9.17) is 9.47 Å². The van der Waals surface area contributed by atoms with E-state index in [1.807, 2.05) is 44.2 Å². The lowest BCUT2D eigenvalue weighted by Gasteiger charge is -2.36. The quantitative estimate of drug-likeness (QED) is 0.318. The van der Waals surface area contributed by atoms with Gasteiger partial charge in [0.15, 0.2) is 0 Å². The third kappa shape index (κ3) is 5.19. The van der Waals surface area contributed by atoms with Crippen LogP contribution in [0.25, 0.3) is 0 Å².